The Morgan fingerprint density at radius 2 is 2.05 bits per heavy atom. The van der Waals surface area contributed by atoms with E-state index in [0.29, 0.717) is 29.2 Å². The van der Waals surface area contributed by atoms with Crippen LogP contribution >= 0.6 is 0 Å². The van der Waals surface area contributed by atoms with Crippen molar-refractivity contribution < 1.29 is 12.8 Å². The molecule has 0 aliphatic heterocycles. The van der Waals surface area contributed by atoms with E-state index in [-0.39, 0.29) is 4.90 Å². The molecule has 1 heterocycles. The lowest BCUT2D eigenvalue weighted by Gasteiger charge is -2.12. The van der Waals surface area contributed by atoms with E-state index in [1.165, 1.54) is 12.1 Å². The number of nitrogens with one attached hydrogen (secondary N) is 3. The predicted molar refractivity (Wildman–Crippen MR) is 78.0 cm³/mol. The monoisotopic (exact) mass is 312 g/mol. The normalized spacial score (nSPS) is 11.6. The molecular weight excluding hydrogens is 295 g/mol. The van der Waals surface area contributed by atoms with Gasteiger partial charge in [0.2, 0.25) is 0 Å². The number of aromatic amines is 1. The van der Waals surface area contributed by atoms with Gasteiger partial charge < -0.3 is 5.32 Å². The highest BCUT2D eigenvalue weighted by molar-refractivity contribution is 7.92. The molecular formula is C13H17FN4O2S. The molecule has 0 aliphatic carbocycles. The number of benzene rings is 1. The van der Waals surface area contributed by atoms with Gasteiger partial charge in [-0.2, -0.15) is 5.10 Å². The smallest absolute Gasteiger partial charge is 0.262 e. The first-order chi connectivity index (χ1) is 9.85. The molecule has 0 aliphatic rings. The van der Waals surface area contributed by atoms with Crippen LogP contribution in [0.3, 0.4) is 0 Å². The molecule has 0 bridgehead atoms. The van der Waals surface area contributed by atoms with E-state index in [1.54, 1.807) is 20.9 Å². The Morgan fingerprint density at radius 3 is 2.62 bits per heavy atom. The Hall–Kier alpha value is -1.93. The summed E-state index contributed by atoms with van der Waals surface area (Å²) in [6.45, 7) is 3.71. The van der Waals surface area contributed by atoms with E-state index in [2.05, 4.69) is 20.2 Å². The Kier molecular flexibility index (Phi) is 4.29. The van der Waals surface area contributed by atoms with Gasteiger partial charge in [0, 0.05) is 6.54 Å². The maximum atomic E-state index is 13.4. The number of aryl methyl sites for hydroxylation is 2. The molecule has 1 aromatic carbocycles. The van der Waals surface area contributed by atoms with Gasteiger partial charge in [-0.05, 0) is 38.6 Å². The van der Waals surface area contributed by atoms with Gasteiger partial charge >= 0.3 is 0 Å². The summed E-state index contributed by atoms with van der Waals surface area (Å²) in [6, 6.07) is 3.70. The molecule has 3 N–H and O–H groups in total. The molecule has 8 heteroatoms. The molecule has 0 unspecified atom stereocenters. The first kappa shape index (κ1) is 15.5. The molecule has 0 saturated heterocycles. The molecule has 114 valence electrons. The molecule has 1 aromatic heterocycles. The minimum Gasteiger partial charge on any atom is -0.316 e. The minimum atomic E-state index is -3.89. The fourth-order valence-electron chi connectivity index (χ4n) is 2.01. The third-order valence-corrected chi connectivity index (χ3v) is 4.48. The number of halogens is 1. The quantitative estimate of drug-likeness (QED) is 0.784. The molecule has 6 nitrogen and oxygen atoms in total. The van der Waals surface area contributed by atoms with E-state index in [9.17, 15) is 12.8 Å². The molecule has 0 spiro atoms. The van der Waals surface area contributed by atoms with Crippen LogP contribution in [0.4, 0.5) is 10.1 Å². The number of hydrogen-bond donors (Lipinski definition) is 3. The van der Waals surface area contributed by atoms with Crippen LogP contribution in [0.1, 0.15) is 17.0 Å². The van der Waals surface area contributed by atoms with Crippen molar-refractivity contribution in [3.63, 3.8) is 0 Å². The zero-order valence-electron chi connectivity index (χ0n) is 12.0. The summed E-state index contributed by atoms with van der Waals surface area (Å²) < 4.78 is 40.9. The van der Waals surface area contributed by atoms with Crippen molar-refractivity contribution in [3.8, 4) is 0 Å². The zero-order valence-corrected chi connectivity index (χ0v) is 12.8. The molecule has 0 amide bonds. The summed E-state index contributed by atoms with van der Waals surface area (Å²) in [7, 11) is -2.20. The zero-order chi connectivity index (χ0) is 15.6. The Labute approximate surface area is 122 Å². The van der Waals surface area contributed by atoms with Gasteiger partial charge in [-0.1, -0.05) is 6.07 Å². The molecule has 0 atom stereocenters. The second kappa shape index (κ2) is 5.82. The lowest BCUT2D eigenvalue weighted by molar-refractivity contribution is 0.592. The van der Waals surface area contributed by atoms with Crippen LogP contribution in [0.2, 0.25) is 0 Å². The van der Waals surface area contributed by atoms with Gasteiger partial charge in [-0.25, -0.2) is 12.8 Å². The average Bonchev–Trinajstić information content (AvgIpc) is 2.72. The minimum absolute atomic E-state index is 0.0862. The lowest BCUT2D eigenvalue weighted by Crippen LogP contribution is -2.18. The van der Waals surface area contributed by atoms with Crippen LogP contribution in [0.5, 0.6) is 0 Å². The highest BCUT2D eigenvalue weighted by Gasteiger charge is 2.21. The van der Waals surface area contributed by atoms with Crippen LogP contribution in [0.15, 0.2) is 23.1 Å². The summed E-state index contributed by atoms with van der Waals surface area (Å²) in [6.07, 6.45) is 0. The second-order valence-electron chi connectivity index (χ2n) is 4.70. The number of hydrogen-bond acceptors (Lipinski definition) is 4. The van der Waals surface area contributed by atoms with Crippen molar-refractivity contribution in [3.05, 3.63) is 41.0 Å². The van der Waals surface area contributed by atoms with Crippen molar-refractivity contribution in [1.29, 1.82) is 0 Å². The van der Waals surface area contributed by atoms with E-state index < -0.39 is 15.8 Å². The number of sulfonamides is 1. The highest BCUT2D eigenvalue weighted by Crippen LogP contribution is 2.24. The number of nitrogens with zero attached hydrogens (tertiary/aromatic N) is 1. The van der Waals surface area contributed by atoms with Crippen LogP contribution in [0, 0.1) is 19.7 Å². The van der Waals surface area contributed by atoms with Gasteiger partial charge in [0.1, 0.15) is 5.82 Å². The molecule has 0 fully saturated rings. The van der Waals surface area contributed by atoms with E-state index in [1.807, 2.05) is 0 Å². The van der Waals surface area contributed by atoms with E-state index >= 15 is 0 Å². The Bertz CT molecular complexity index is 736. The largest absolute Gasteiger partial charge is 0.316 e. The highest BCUT2D eigenvalue weighted by atomic mass is 32.2. The predicted octanol–water partition coefficient (Wildman–Crippen LogP) is 1.69. The fourth-order valence-corrected chi connectivity index (χ4v) is 3.44. The van der Waals surface area contributed by atoms with Crippen molar-refractivity contribution >= 4 is 15.7 Å². The maximum absolute atomic E-state index is 13.4. The number of anilines is 1. The molecule has 0 saturated carbocycles. The molecule has 2 rings (SSSR count). The number of aromatic nitrogens is 2. The third kappa shape index (κ3) is 3.22. The van der Waals surface area contributed by atoms with Crippen molar-refractivity contribution in [2.75, 3.05) is 11.8 Å². The summed E-state index contributed by atoms with van der Waals surface area (Å²) in [5.74, 6) is -0.601. The summed E-state index contributed by atoms with van der Waals surface area (Å²) in [4.78, 5) is -0.0862. The first-order valence-electron chi connectivity index (χ1n) is 6.32. The van der Waals surface area contributed by atoms with E-state index in [4.69, 9.17) is 0 Å². The van der Waals surface area contributed by atoms with Gasteiger partial charge in [0.15, 0.2) is 0 Å². The topological polar surface area (TPSA) is 86.9 Å². The van der Waals surface area contributed by atoms with Crippen molar-refractivity contribution in [2.24, 2.45) is 0 Å². The van der Waals surface area contributed by atoms with Gasteiger partial charge in [0.25, 0.3) is 10.0 Å². The average molecular weight is 312 g/mol. The van der Waals surface area contributed by atoms with Gasteiger partial charge in [0.05, 0.1) is 22.0 Å². The summed E-state index contributed by atoms with van der Waals surface area (Å²) in [5.41, 5.74) is 2.00. The van der Waals surface area contributed by atoms with Crippen LogP contribution in [-0.4, -0.2) is 25.7 Å². The Morgan fingerprint density at radius 1 is 1.33 bits per heavy atom. The van der Waals surface area contributed by atoms with Crippen LogP contribution < -0.4 is 10.0 Å². The standard InChI is InChI=1S/C13H17FN4O2S/c1-8-13(9(2)17-16-8)18-21(19,20)12-6-11(14)5-4-10(12)7-15-3/h4-6,15,18H,7H2,1-3H3,(H,16,17). The third-order valence-electron chi connectivity index (χ3n) is 3.05. The van der Waals surface area contributed by atoms with E-state index in [0.717, 1.165) is 6.07 Å². The molecule has 21 heavy (non-hydrogen) atoms. The van der Waals surface area contributed by atoms with Gasteiger partial charge in [-0.3, -0.25) is 9.82 Å². The van der Waals surface area contributed by atoms with Crippen LogP contribution in [-0.2, 0) is 16.6 Å². The van der Waals surface area contributed by atoms with Crippen molar-refractivity contribution in [2.45, 2.75) is 25.3 Å². The molecule has 2 aromatic rings. The number of H-pyrrole nitrogens is 1. The van der Waals surface area contributed by atoms with Crippen LogP contribution in [0.25, 0.3) is 0 Å². The summed E-state index contributed by atoms with van der Waals surface area (Å²) in [5, 5.41) is 9.50. The van der Waals surface area contributed by atoms with Gasteiger partial charge in [-0.15, -0.1) is 0 Å². The summed E-state index contributed by atoms with van der Waals surface area (Å²) >= 11 is 0. The Balaban J connectivity index is 2.47. The SMILES string of the molecule is CNCc1ccc(F)cc1S(=O)(=O)Nc1c(C)n[nH]c1C. The van der Waals surface area contributed by atoms with Crippen molar-refractivity contribution in [1.82, 2.24) is 15.5 Å². The number of rotatable bonds is 5. The fraction of sp³-hybridized carbons (Fsp3) is 0.308. The second-order valence-corrected chi connectivity index (χ2v) is 6.35. The lowest BCUT2D eigenvalue weighted by atomic mass is 10.2. The first-order valence-corrected chi connectivity index (χ1v) is 7.81. The molecule has 0 radical (unpaired) electrons. The maximum Gasteiger partial charge on any atom is 0.262 e.